The highest BCUT2D eigenvalue weighted by Crippen LogP contribution is 2.42. The number of hydrogen-bond donors (Lipinski definition) is 2. The van der Waals surface area contributed by atoms with Crippen molar-refractivity contribution in [3.05, 3.63) is 78.1 Å². The van der Waals surface area contributed by atoms with E-state index in [0.29, 0.717) is 30.5 Å². The predicted octanol–water partition coefficient (Wildman–Crippen LogP) is 4.40. The van der Waals surface area contributed by atoms with Crippen molar-refractivity contribution in [3.8, 4) is 17.2 Å². The Morgan fingerprint density at radius 2 is 1.86 bits per heavy atom. The number of fused-ring (bicyclic) bond motifs is 1. The maximum atomic E-state index is 12.5. The second kappa shape index (κ2) is 9.89. The summed E-state index contributed by atoms with van der Waals surface area (Å²) in [6.45, 7) is 7.78. The molecule has 1 saturated heterocycles. The van der Waals surface area contributed by atoms with Crippen molar-refractivity contribution >= 4 is 17.5 Å². The summed E-state index contributed by atoms with van der Waals surface area (Å²) in [5, 5.41) is 8.28. The van der Waals surface area contributed by atoms with Gasteiger partial charge in [-0.15, -0.1) is 0 Å². The molecule has 1 fully saturated rings. The highest BCUT2D eigenvalue weighted by Gasteiger charge is 2.36. The first-order chi connectivity index (χ1) is 17.4. The van der Waals surface area contributed by atoms with Gasteiger partial charge >= 0.3 is 0 Å². The molecule has 3 heterocycles. The summed E-state index contributed by atoms with van der Waals surface area (Å²) in [7, 11) is 0. The van der Waals surface area contributed by atoms with Crippen LogP contribution in [0.4, 0.5) is 5.69 Å². The van der Waals surface area contributed by atoms with Gasteiger partial charge in [0.15, 0.2) is 5.69 Å². The Kier molecular flexibility index (Phi) is 6.50. The first-order valence-corrected chi connectivity index (χ1v) is 12.4. The highest BCUT2D eigenvalue weighted by atomic mass is 16.5. The lowest BCUT2D eigenvalue weighted by Crippen LogP contribution is -2.39. The summed E-state index contributed by atoms with van der Waals surface area (Å²) in [6, 6.07) is 15.3. The molecular weight excluding hydrogens is 454 g/mol. The largest absolute Gasteiger partial charge is 0.457 e. The van der Waals surface area contributed by atoms with Crippen molar-refractivity contribution in [1.82, 2.24) is 14.7 Å². The molecule has 1 atom stereocenters. The molecule has 2 aliphatic rings. The second-order valence-corrected chi connectivity index (χ2v) is 9.49. The number of rotatable bonds is 6. The van der Waals surface area contributed by atoms with Gasteiger partial charge in [0.2, 0.25) is 5.91 Å². The average Bonchev–Trinajstić information content (AvgIpc) is 3.29. The molecule has 0 bridgehead atoms. The maximum Gasteiger partial charge on any atom is 0.269 e. The maximum absolute atomic E-state index is 12.5. The topological polar surface area (TPSA) is 102 Å². The van der Waals surface area contributed by atoms with Gasteiger partial charge in [0.25, 0.3) is 5.91 Å². The number of aryl methyl sites for hydroxylation is 1. The predicted molar refractivity (Wildman–Crippen MR) is 139 cm³/mol. The van der Waals surface area contributed by atoms with Gasteiger partial charge in [-0.25, -0.2) is 4.68 Å². The quantitative estimate of drug-likeness (QED) is 0.504. The highest BCUT2D eigenvalue weighted by molar-refractivity contribution is 5.98. The standard InChI is InChI=1S/C28H31N5O3/c1-3-24(34)32-15-12-19(13-16-32)23-11-14-30-26-25(23)31-33(27(26)28(29)35)20-7-9-21(10-8-20)36-22-6-4-5-18(2)17-22/h3-10,17,19,23,30H,1,11-16H2,2H3,(H2,29,35). The molecule has 0 radical (unpaired) electrons. The fourth-order valence-electron chi connectivity index (χ4n) is 5.35. The van der Waals surface area contributed by atoms with Gasteiger partial charge in [-0.2, -0.15) is 5.10 Å². The van der Waals surface area contributed by atoms with Crippen molar-refractivity contribution in [2.75, 3.05) is 25.0 Å². The molecule has 0 aliphatic carbocycles. The SMILES string of the molecule is C=CC(=O)N1CCC(C2CCNc3c2nn(-c2ccc(Oc4cccc(C)c4)cc2)c3C(N)=O)CC1. The fraction of sp³-hybridized carbons (Fsp3) is 0.321. The summed E-state index contributed by atoms with van der Waals surface area (Å²) >= 11 is 0. The lowest BCUT2D eigenvalue weighted by molar-refractivity contribution is -0.127. The third-order valence-corrected chi connectivity index (χ3v) is 7.16. The number of carbonyl (C=O) groups is 2. The van der Waals surface area contributed by atoms with Gasteiger partial charge in [-0.05, 0) is 80.1 Å². The molecule has 2 amide bonds. The number of nitrogens with two attached hydrogens (primary N) is 1. The van der Waals surface area contributed by atoms with E-state index in [1.165, 1.54) is 6.08 Å². The normalized spacial score (nSPS) is 17.7. The molecule has 0 saturated carbocycles. The minimum Gasteiger partial charge on any atom is -0.457 e. The molecule has 5 rings (SSSR count). The van der Waals surface area contributed by atoms with E-state index in [2.05, 4.69) is 11.9 Å². The summed E-state index contributed by atoms with van der Waals surface area (Å²) in [5.74, 6) is 1.50. The molecule has 3 N–H and O–H groups in total. The van der Waals surface area contributed by atoms with E-state index in [1.54, 1.807) is 4.68 Å². The van der Waals surface area contributed by atoms with Crippen LogP contribution in [-0.2, 0) is 4.79 Å². The van der Waals surface area contributed by atoms with Gasteiger partial charge in [-0.3, -0.25) is 9.59 Å². The minimum absolute atomic E-state index is 0.0189. The Bertz CT molecular complexity index is 1290. The molecule has 8 nitrogen and oxygen atoms in total. The molecule has 2 aromatic carbocycles. The van der Waals surface area contributed by atoms with E-state index >= 15 is 0 Å². The van der Waals surface area contributed by atoms with Gasteiger partial charge < -0.3 is 20.7 Å². The number of piperidine rings is 1. The fourth-order valence-corrected chi connectivity index (χ4v) is 5.35. The average molecular weight is 486 g/mol. The van der Waals surface area contributed by atoms with Crippen molar-refractivity contribution in [2.24, 2.45) is 11.7 Å². The molecule has 2 aliphatic heterocycles. The van der Waals surface area contributed by atoms with E-state index in [4.69, 9.17) is 15.6 Å². The Hall–Kier alpha value is -4.07. The Morgan fingerprint density at radius 1 is 1.11 bits per heavy atom. The van der Waals surface area contributed by atoms with E-state index < -0.39 is 5.91 Å². The van der Waals surface area contributed by atoms with Crippen molar-refractivity contribution in [1.29, 1.82) is 0 Å². The van der Waals surface area contributed by atoms with Gasteiger partial charge in [-0.1, -0.05) is 18.7 Å². The van der Waals surface area contributed by atoms with E-state index in [-0.39, 0.29) is 11.8 Å². The zero-order chi connectivity index (χ0) is 25.2. The van der Waals surface area contributed by atoms with Crippen molar-refractivity contribution in [2.45, 2.75) is 32.1 Å². The number of ether oxygens (including phenoxy) is 1. The molecule has 1 unspecified atom stereocenters. The molecule has 0 spiro atoms. The molecule has 8 heteroatoms. The number of aromatic nitrogens is 2. The molecule has 186 valence electrons. The molecular formula is C28H31N5O3. The number of nitrogens with one attached hydrogen (secondary N) is 1. The number of anilines is 1. The van der Waals surface area contributed by atoms with Crippen LogP contribution >= 0.6 is 0 Å². The smallest absolute Gasteiger partial charge is 0.269 e. The lowest BCUT2D eigenvalue weighted by Gasteiger charge is -2.37. The van der Waals surface area contributed by atoms with Crippen molar-refractivity contribution < 1.29 is 14.3 Å². The third kappa shape index (κ3) is 4.58. The monoisotopic (exact) mass is 485 g/mol. The van der Waals surface area contributed by atoms with Gasteiger partial charge in [0.1, 0.15) is 11.5 Å². The van der Waals surface area contributed by atoms with Crippen LogP contribution in [0.15, 0.2) is 61.2 Å². The lowest BCUT2D eigenvalue weighted by atomic mass is 9.78. The number of benzene rings is 2. The number of primary amides is 1. The van der Waals surface area contributed by atoms with Crippen LogP contribution in [0.1, 0.15) is 46.9 Å². The second-order valence-electron chi connectivity index (χ2n) is 9.49. The molecule has 1 aromatic heterocycles. The van der Waals surface area contributed by atoms with Crippen LogP contribution in [0.25, 0.3) is 5.69 Å². The van der Waals surface area contributed by atoms with Gasteiger partial charge in [0, 0.05) is 25.6 Å². The summed E-state index contributed by atoms with van der Waals surface area (Å²) in [4.78, 5) is 26.4. The first kappa shape index (κ1) is 23.7. The first-order valence-electron chi connectivity index (χ1n) is 12.4. The van der Waals surface area contributed by atoms with E-state index in [0.717, 1.165) is 54.2 Å². The van der Waals surface area contributed by atoms with Crippen LogP contribution in [0, 0.1) is 12.8 Å². The van der Waals surface area contributed by atoms with E-state index in [9.17, 15) is 9.59 Å². The molecule has 36 heavy (non-hydrogen) atoms. The minimum atomic E-state index is -0.525. The molecule has 3 aromatic rings. The van der Waals surface area contributed by atoms with Crippen LogP contribution in [-0.4, -0.2) is 46.1 Å². The Balaban J connectivity index is 1.41. The van der Waals surface area contributed by atoms with Crippen LogP contribution in [0.3, 0.4) is 0 Å². The number of likely N-dealkylation sites (tertiary alicyclic amines) is 1. The number of nitrogens with zero attached hydrogens (tertiary/aromatic N) is 3. The zero-order valence-electron chi connectivity index (χ0n) is 20.4. The van der Waals surface area contributed by atoms with Crippen LogP contribution in [0.2, 0.25) is 0 Å². The zero-order valence-corrected chi connectivity index (χ0v) is 20.4. The number of carbonyl (C=O) groups excluding carboxylic acids is 2. The Morgan fingerprint density at radius 3 is 2.53 bits per heavy atom. The Labute approximate surface area is 210 Å². The van der Waals surface area contributed by atoms with E-state index in [1.807, 2.05) is 60.4 Å². The van der Waals surface area contributed by atoms with Crippen LogP contribution in [0.5, 0.6) is 11.5 Å². The summed E-state index contributed by atoms with van der Waals surface area (Å²) in [6.07, 6.45) is 4.09. The summed E-state index contributed by atoms with van der Waals surface area (Å²) in [5.41, 5.74) is 9.67. The van der Waals surface area contributed by atoms with Crippen LogP contribution < -0.4 is 15.8 Å². The van der Waals surface area contributed by atoms with Crippen molar-refractivity contribution in [3.63, 3.8) is 0 Å². The third-order valence-electron chi connectivity index (χ3n) is 7.16. The number of amides is 2. The number of hydrogen-bond acceptors (Lipinski definition) is 5. The van der Waals surface area contributed by atoms with Gasteiger partial charge in [0.05, 0.1) is 17.1 Å². The summed E-state index contributed by atoms with van der Waals surface area (Å²) < 4.78 is 7.62.